The zero-order chi connectivity index (χ0) is 38.4. The van der Waals surface area contributed by atoms with Gasteiger partial charge in [0, 0.05) is 19.3 Å². The predicted molar refractivity (Wildman–Crippen MR) is 157 cm³/mol. The maximum atomic E-state index is 14.3. The number of carbonyl (C=O) groups excluding carboxylic acids is 4. The summed E-state index contributed by atoms with van der Waals surface area (Å²) in [6.07, 6.45) is -18.5. The minimum Gasteiger partial charge on any atom is -0.481 e. The van der Waals surface area contributed by atoms with E-state index in [-0.39, 0.29) is 4.90 Å². The van der Waals surface area contributed by atoms with Gasteiger partial charge in [-0.05, 0) is 13.3 Å². The van der Waals surface area contributed by atoms with Gasteiger partial charge in [0.1, 0.15) is 55.3 Å². The van der Waals surface area contributed by atoms with Gasteiger partial charge in [-0.25, -0.2) is 4.79 Å². The second kappa shape index (κ2) is 18.0. The molecule has 0 aliphatic carbocycles. The first-order valence-electron chi connectivity index (χ1n) is 15.4. The molecule has 22 heteroatoms. The Morgan fingerprint density at radius 3 is 1.90 bits per heavy atom. The minimum absolute atomic E-state index is 0.117. The Kier molecular flexibility index (Phi) is 14.7. The summed E-state index contributed by atoms with van der Waals surface area (Å²) in [5.41, 5.74) is 18.0. The lowest BCUT2D eigenvalue weighted by Crippen LogP contribution is -2.74. The number of nitrogens with two attached hydrogens (primary N) is 3. The van der Waals surface area contributed by atoms with Crippen LogP contribution >= 0.6 is 0 Å². The number of carboxylic acid groups (broad SMARTS) is 2. The highest BCUT2D eigenvalue weighted by Crippen LogP contribution is 2.37. The number of imide groups is 1. The number of aliphatic hydroxyl groups excluding tert-OH is 6. The Labute approximate surface area is 280 Å². The molecule has 280 valence electrons. The minimum atomic E-state index is -3.58. The Morgan fingerprint density at radius 1 is 0.918 bits per heavy atom. The molecule has 2 rings (SSSR count). The van der Waals surface area contributed by atoms with Gasteiger partial charge >= 0.3 is 11.9 Å². The van der Waals surface area contributed by atoms with Gasteiger partial charge in [-0.1, -0.05) is 0 Å². The molecule has 0 aromatic carbocycles. The summed E-state index contributed by atoms with van der Waals surface area (Å²) in [4.78, 5) is 75.8. The maximum Gasteiger partial charge on any atom is 0.332 e. The lowest BCUT2D eigenvalue weighted by molar-refractivity contribution is -0.256. The van der Waals surface area contributed by atoms with Gasteiger partial charge in [0.25, 0.3) is 5.91 Å². The lowest BCUT2D eigenvalue weighted by atomic mass is 9.74. The van der Waals surface area contributed by atoms with E-state index in [9.17, 15) is 65.9 Å². The molecule has 49 heavy (non-hydrogen) atoms. The third-order valence-corrected chi connectivity index (χ3v) is 8.21. The van der Waals surface area contributed by atoms with E-state index in [2.05, 4.69) is 0 Å². The third kappa shape index (κ3) is 9.64. The number of nitrogens with one attached hydrogen (secondary N) is 1. The number of carbonyl (C=O) groups is 6. The van der Waals surface area contributed by atoms with Gasteiger partial charge in [0.15, 0.2) is 6.10 Å². The smallest absolute Gasteiger partial charge is 0.332 e. The Hall–Kier alpha value is -3.42. The van der Waals surface area contributed by atoms with Crippen LogP contribution in [-0.2, 0) is 43.0 Å². The topological polar surface area (TPSA) is 385 Å². The summed E-state index contributed by atoms with van der Waals surface area (Å²) in [5, 5.41) is 82.8. The van der Waals surface area contributed by atoms with Crippen LogP contribution in [0.4, 0.5) is 0 Å². The van der Waals surface area contributed by atoms with Gasteiger partial charge in [-0.2, -0.15) is 0 Å². The molecule has 2 saturated heterocycles. The summed E-state index contributed by atoms with van der Waals surface area (Å²) >= 11 is 0. The molecule has 22 nitrogen and oxygen atoms in total. The van der Waals surface area contributed by atoms with Crippen molar-refractivity contribution in [2.75, 3.05) is 19.8 Å². The predicted octanol–water partition coefficient (Wildman–Crippen LogP) is -7.71. The van der Waals surface area contributed by atoms with Crippen molar-refractivity contribution in [2.24, 2.45) is 23.1 Å². The standard InChI is InChI=1S/C27H45N5O17/c1-8(27(45)46)47-24-17(29)23(49-12(6-34)20(24)41)15(22-16(28)21(42)19(40)11(5-33)48-22)18(32(9(2)36)13(37)7-35)26(44)31-10(25(30)43)3-4-14(38)39/h8,10-12,15-24,33-35,40-42H,3-7,28-29H2,1-2H3,(H2,30,43)(H,31,44)(H,38,39)(H,45,46)/t8-,10+,11-,12-,15?,16-,17+,18+,19-,20-,21-,22?,23?,24-/m1/s1/i18D. The second-order valence-corrected chi connectivity index (χ2v) is 11.5. The van der Waals surface area contributed by atoms with Crippen LogP contribution in [0, 0.1) is 5.92 Å². The summed E-state index contributed by atoms with van der Waals surface area (Å²) < 4.78 is 26.7. The fourth-order valence-electron chi connectivity index (χ4n) is 5.67. The summed E-state index contributed by atoms with van der Waals surface area (Å²) in [6, 6.07) is -9.26. The summed E-state index contributed by atoms with van der Waals surface area (Å²) in [7, 11) is 0. The van der Waals surface area contributed by atoms with Crippen molar-refractivity contribution >= 4 is 35.6 Å². The third-order valence-electron chi connectivity index (χ3n) is 8.21. The highest BCUT2D eigenvalue weighted by Gasteiger charge is 2.58. The largest absolute Gasteiger partial charge is 0.481 e. The van der Waals surface area contributed by atoms with E-state index in [0.29, 0.717) is 6.92 Å². The van der Waals surface area contributed by atoms with Crippen LogP contribution in [0.15, 0.2) is 0 Å². The second-order valence-electron chi connectivity index (χ2n) is 11.5. The van der Waals surface area contributed by atoms with Crippen LogP contribution in [0.3, 0.4) is 0 Å². The number of aliphatic carboxylic acids is 2. The molecule has 0 saturated carbocycles. The van der Waals surface area contributed by atoms with E-state index < -0.39 is 153 Å². The normalized spacial score (nSPS) is 33.6. The number of ether oxygens (including phenoxy) is 3. The molecule has 0 spiro atoms. The maximum absolute atomic E-state index is 14.3. The molecule has 0 radical (unpaired) electrons. The van der Waals surface area contributed by atoms with Gasteiger partial charge in [-0.15, -0.1) is 0 Å². The fourth-order valence-corrected chi connectivity index (χ4v) is 5.67. The molecule has 0 aromatic rings. The molecule has 4 amide bonds. The number of amides is 4. The quantitative estimate of drug-likeness (QED) is 0.0706. The average Bonchev–Trinajstić information content (AvgIpc) is 3.04. The molecular weight excluding hydrogens is 666 g/mol. The summed E-state index contributed by atoms with van der Waals surface area (Å²) in [5.74, 6) is -11.5. The van der Waals surface area contributed by atoms with Crippen molar-refractivity contribution in [1.29, 1.82) is 0 Å². The SMILES string of the molecule is [2H][C@@](C(=O)N[C@@H](CCC(=O)O)C(N)=O)(C(C1O[C@H](CO)[C@@H](O)[C@H](O)[C@H]1N)C1O[C@H](CO)[C@@H](O)[C@H](O[C@H](C)C(=O)O)[C@H]1N)N(C(C)=O)C(=O)CO. The monoisotopic (exact) mass is 712 g/mol. The lowest BCUT2D eigenvalue weighted by Gasteiger charge is -2.53. The van der Waals surface area contributed by atoms with E-state index in [1.165, 1.54) is 0 Å². The zero-order valence-electron chi connectivity index (χ0n) is 27.5. The number of nitrogens with zero attached hydrogens (tertiary/aromatic N) is 1. The van der Waals surface area contributed by atoms with Crippen molar-refractivity contribution in [3.05, 3.63) is 0 Å². The molecule has 3 unspecified atom stereocenters. The fraction of sp³-hybridized carbons (Fsp3) is 0.778. The van der Waals surface area contributed by atoms with Gasteiger partial charge in [0.05, 0.1) is 38.9 Å². The Bertz CT molecular complexity index is 1260. The van der Waals surface area contributed by atoms with Crippen LogP contribution in [0.2, 0.25) is 0 Å². The Balaban J connectivity index is 3.02. The van der Waals surface area contributed by atoms with Crippen molar-refractivity contribution < 1.29 is 85.2 Å². The molecule has 2 aliphatic rings. The van der Waals surface area contributed by atoms with Gasteiger partial charge in [-0.3, -0.25) is 28.9 Å². The van der Waals surface area contributed by atoms with Crippen LogP contribution in [0.1, 0.15) is 28.1 Å². The first kappa shape index (κ1) is 40.0. The van der Waals surface area contributed by atoms with Crippen LogP contribution in [0.5, 0.6) is 0 Å². The van der Waals surface area contributed by atoms with E-state index in [4.69, 9.17) is 36.5 Å². The van der Waals surface area contributed by atoms with Gasteiger partial charge in [0.2, 0.25) is 17.7 Å². The number of carboxylic acids is 2. The van der Waals surface area contributed by atoms with Crippen LogP contribution in [-0.4, -0.2) is 180 Å². The Morgan fingerprint density at radius 2 is 1.45 bits per heavy atom. The van der Waals surface area contributed by atoms with E-state index in [1.807, 2.05) is 5.32 Å². The van der Waals surface area contributed by atoms with Gasteiger partial charge < -0.3 is 77.6 Å². The molecular formula is C27H45N5O17. The average molecular weight is 713 g/mol. The molecule has 2 aliphatic heterocycles. The van der Waals surface area contributed by atoms with E-state index in [0.717, 1.165) is 6.92 Å². The van der Waals surface area contributed by atoms with E-state index >= 15 is 0 Å². The number of hydrogen-bond acceptors (Lipinski definition) is 17. The molecule has 2 heterocycles. The van der Waals surface area contributed by atoms with Crippen molar-refractivity contribution in [3.8, 4) is 0 Å². The number of aliphatic hydroxyl groups is 6. The van der Waals surface area contributed by atoms with Crippen LogP contribution < -0.4 is 22.5 Å². The number of hydrogen-bond donors (Lipinski definition) is 12. The number of rotatable bonds is 16. The first-order chi connectivity index (χ1) is 23.2. The summed E-state index contributed by atoms with van der Waals surface area (Å²) in [6.45, 7) is -1.90. The van der Waals surface area contributed by atoms with Crippen LogP contribution in [0.25, 0.3) is 0 Å². The zero-order valence-corrected chi connectivity index (χ0v) is 26.5. The first-order valence-corrected chi connectivity index (χ1v) is 14.9. The van der Waals surface area contributed by atoms with Crippen molar-refractivity contribution in [1.82, 2.24) is 10.2 Å². The molecule has 15 N–H and O–H groups in total. The molecule has 2 fully saturated rings. The molecule has 14 atom stereocenters. The number of primary amides is 1. The highest BCUT2D eigenvalue weighted by molar-refractivity contribution is 6.01. The molecule has 0 bridgehead atoms. The van der Waals surface area contributed by atoms with Crippen molar-refractivity contribution in [3.63, 3.8) is 0 Å². The molecule has 0 aromatic heterocycles. The van der Waals surface area contributed by atoms with Crippen molar-refractivity contribution in [2.45, 2.75) is 106 Å². The van der Waals surface area contributed by atoms with E-state index in [1.54, 1.807) is 0 Å². The highest BCUT2D eigenvalue weighted by atomic mass is 16.6.